The fraction of sp³-hybridized carbons (Fsp3) is 0.400. The Morgan fingerprint density at radius 1 is 1.54 bits per heavy atom. The molecule has 68 valence electrons. The maximum Gasteiger partial charge on any atom is 0.141 e. The number of aromatic nitrogens is 1. The van der Waals surface area contributed by atoms with E-state index in [1.54, 1.807) is 13.0 Å². The van der Waals surface area contributed by atoms with Crippen LogP contribution in [0, 0.1) is 0 Å². The summed E-state index contributed by atoms with van der Waals surface area (Å²) < 4.78 is 0. The molecule has 1 aliphatic carbocycles. The van der Waals surface area contributed by atoms with E-state index >= 15 is 0 Å². The van der Waals surface area contributed by atoms with Gasteiger partial charge in [-0.15, -0.1) is 0 Å². The molecule has 0 N–H and O–H groups in total. The zero-order chi connectivity index (χ0) is 9.47. The normalized spacial score (nSPS) is 18.3. The molecule has 0 bridgehead atoms. The summed E-state index contributed by atoms with van der Waals surface area (Å²) in [7, 11) is 0. The summed E-state index contributed by atoms with van der Waals surface area (Å²) in [4.78, 5) is 15.5. The first-order valence-corrected chi connectivity index (χ1v) is 4.67. The lowest BCUT2D eigenvalue weighted by atomic mass is 9.97. The molecule has 0 aliphatic heterocycles. The molecule has 1 heterocycles. The smallest absolute Gasteiger partial charge is 0.141 e. The Bertz CT molecular complexity index is 358. The van der Waals surface area contributed by atoms with Gasteiger partial charge in [-0.3, -0.25) is 4.79 Å². The van der Waals surface area contributed by atoms with Crippen LogP contribution in [-0.4, -0.2) is 10.8 Å². The van der Waals surface area contributed by atoms with E-state index in [0.29, 0.717) is 5.15 Å². The quantitative estimate of drug-likeness (QED) is 0.679. The third-order valence-corrected chi connectivity index (χ3v) is 2.84. The monoisotopic (exact) mass is 195 g/mol. The van der Waals surface area contributed by atoms with Crippen LogP contribution < -0.4 is 0 Å². The molecule has 1 fully saturated rings. The molecule has 2 nitrogen and oxygen atoms in total. The van der Waals surface area contributed by atoms with E-state index in [1.807, 2.05) is 12.1 Å². The predicted octanol–water partition coefficient (Wildman–Crippen LogP) is 2.36. The third-order valence-electron chi connectivity index (χ3n) is 2.63. The number of pyridine rings is 1. The van der Waals surface area contributed by atoms with E-state index in [9.17, 15) is 4.79 Å². The SMILES string of the molecule is CC(=O)C1(c2cccc(Cl)n2)CC1. The first-order valence-electron chi connectivity index (χ1n) is 4.29. The molecule has 1 saturated carbocycles. The van der Waals surface area contributed by atoms with Crippen molar-refractivity contribution < 1.29 is 4.79 Å². The fourth-order valence-corrected chi connectivity index (χ4v) is 1.75. The average molecular weight is 196 g/mol. The molecule has 3 heteroatoms. The molecule has 0 atom stereocenters. The van der Waals surface area contributed by atoms with Crippen LogP contribution in [-0.2, 0) is 10.2 Å². The highest BCUT2D eigenvalue weighted by Crippen LogP contribution is 2.48. The first-order chi connectivity index (χ1) is 6.15. The zero-order valence-corrected chi connectivity index (χ0v) is 8.14. The van der Waals surface area contributed by atoms with Gasteiger partial charge in [0.1, 0.15) is 10.9 Å². The van der Waals surface area contributed by atoms with E-state index in [0.717, 1.165) is 18.5 Å². The molecule has 2 rings (SSSR count). The highest BCUT2D eigenvalue weighted by atomic mass is 35.5. The second-order valence-electron chi connectivity index (χ2n) is 3.48. The van der Waals surface area contributed by atoms with Crippen LogP contribution >= 0.6 is 11.6 Å². The maximum atomic E-state index is 11.4. The molecule has 13 heavy (non-hydrogen) atoms. The minimum Gasteiger partial charge on any atom is -0.299 e. The Kier molecular flexibility index (Phi) is 1.88. The molecule has 0 aromatic carbocycles. The van der Waals surface area contributed by atoms with Gasteiger partial charge >= 0.3 is 0 Å². The van der Waals surface area contributed by atoms with Gasteiger partial charge in [-0.1, -0.05) is 17.7 Å². The minimum atomic E-state index is -0.301. The number of rotatable bonds is 2. The average Bonchev–Trinajstić information content (AvgIpc) is 2.83. The number of carbonyl (C=O) groups excluding carboxylic acids is 1. The number of carbonyl (C=O) groups is 1. The minimum absolute atomic E-state index is 0.197. The Hall–Kier alpha value is -0.890. The molecule has 1 aromatic rings. The Morgan fingerprint density at radius 2 is 2.23 bits per heavy atom. The number of ketones is 1. The van der Waals surface area contributed by atoms with Crippen molar-refractivity contribution in [2.75, 3.05) is 0 Å². The van der Waals surface area contributed by atoms with E-state index in [4.69, 9.17) is 11.6 Å². The number of hydrogen-bond acceptors (Lipinski definition) is 2. The lowest BCUT2D eigenvalue weighted by Crippen LogP contribution is -2.18. The van der Waals surface area contributed by atoms with Crippen molar-refractivity contribution in [1.29, 1.82) is 0 Å². The largest absolute Gasteiger partial charge is 0.299 e. The molecule has 0 spiro atoms. The number of nitrogens with zero attached hydrogens (tertiary/aromatic N) is 1. The predicted molar refractivity (Wildman–Crippen MR) is 50.8 cm³/mol. The maximum absolute atomic E-state index is 11.4. The van der Waals surface area contributed by atoms with Crippen molar-refractivity contribution in [3.8, 4) is 0 Å². The van der Waals surface area contributed by atoms with Gasteiger partial charge < -0.3 is 0 Å². The molecule has 0 amide bonds. The van der Waals surface area contributed by atoms with Crippen molar-refractivity contribution in [3.63, 3.8) is 0 Å². The van der Waals surface area contributed by atoms with Crippen LogP contribution in [0.2, 0.25) is 5.15 Å². The number of hydrogen-bond donors (Lipinski definition) is 0. The van der Waals surface area contributed by atoms with E-state index in [2.05, 4.69) is 4.98 Å². The van der Waals surface area contributed by atoms with Gasteiger partial charge in [-0.2, -0.15) is 0 Å². The molecular formula is C10H10ClNO. The second kappa shape index (κ2) is 2.81. The highest BCUT2D eigenvalue weighted by molar-refractivity contribution is 6.29. The van der Waals surface area contributed by atoms with Gasteiger partial charge in [0.15, 0.2) is 0 Å². The molecule has 1 aromatic heterocycles. The van der Waals surface area contributed by atoms with Gasteiger partial charge in [-0.05, 0) is 31.9 Å². The Morgan fingerprint density at radius 3 is 2.69 bits per heavy atom. The van der Waals surface area contributed by atoms with Crippen LogP contribution in [0.5, 0.6) is 0 Å². The standard InChI is InChI=1S/C10H10ClNO/c1-7(13)10(5-6-10)8-3-2-4-9(11)12-8/h2-4H,5-6H2,1H3. The van der Waals surface area contributed by atoms with E-state index in [-0.39, 0.29) is 11.2 Å². The van der Waals surface area contributed by atoms with Crippen LogP contribution in [0.3, 0.4) is 0 Å². The van der Waals surface area contributed by atoms with Gasteiger partial charge in [0.05, 0.1) is 11.1 Å². The molecule has 0 saturated heterocycles. The van der Waals surface area contributed by atoms with E-state index < -0.39 is 0 Å². The number of Topliss-reactive ketones (excluding diaryl/α,β-unsaturated/α-hetero) is 1. The van der Waals surface area contributed by atoms with E-state index in [1.165, 1.54) is 0 Å². The van der Waals surface area contributed by atoms with Crippen LogP contribution in [0.15, 0.2) is 18.2 Å². The Balaban J connectivity index is 2.41. The second-order valence-corrected chi connectivity index (χ2v) is 3.87. The summed E-state index contributed by atoms with van der Waals surface area (Å²) in [5, 5.41) is 0.463. The van der Waals surface area contributed by atoms with Crippen molar-refractivity contribution in [2.45, 2.75) is 25.2 Å². The van der Waals surface area contributed by atoms with Crippen LogP contribution in [0.25, 0.3) is 0 Å². The summed E-state index contributed by atoms with van der Waals surface area (Å²) in [6.45, 7) is 1.62. The summed E-state index contributed by atoms with van der Waals surface area (Å²) in [6.07, 6.45) is 1.82. The van der Waals surface area contributed by atoms with Gasteiger partial charge in [0, 0.05) is 0 Å². The molecule has 0 unspecified atom stereocenters. The highest BCUT2D eigenvalue weighted by Gasteiger charge is 2.50. The summed E-state index contributed by atoms with van der Waals surface area (Å²) in [5.74, 6) is 0.197. The van der Waals surface area contributed by atoms with Crippen molar-refractivity contribution >= 4 is 17.4 Å². The topological polar surface area (TPSA) is 30.0 Å². The lowest BCUT2D eigenvalue weighted by Gasteiger charge is -2.09. The summed E-state index contributed by atoms with van der Waals surface area (Å²) in [6, 6.07) is 5.44. The Labute approximate surface area is 81.9 Å². The first kappa shape index (κ1) is 8.70. The molecule has 1 aliphatic rings. The molecular weight excluding hydrogens is 186 g/mol. The van der Waals surface area contributed by atoms with Gasteiger partial charge in [-0.25, -0.2) is 4.98 Å². The third kappa shape index (κ3) is 1.35. The zero-order valence-electron chi connectivity index (χ0n) is 7.38. The van der Waals surface area contributed by atoms with Crippen LogP contribution in [0.4, 0.5) is 0 Å². The van der Waals surface area contributed by atoms with Gasteiger partial charge in [0.2, 0.25) is 0 Å². The molecule has 0 radical (unpaired) electrons. The van der Waals surface area contributed by atoms with Crippen molar-refractivity contribution in [1.82, 2.24) is 4.98 Å². The summed E-state index contributed by atoms with van der Waals surface area (Å²) >= 11 is 5.76. The number of halogens is 1. The fourth-order valence-electron chi connectivity index (χ4n) is 1.59. The lowest BCUT2D eigenvalue weighted by molar-refractivity contribution is -0.119. The summed E-state index contributed by atoms with van der Waals surface area (Å²) in [5.41, 5.74) is 0.526. The van der Waals surface area contributed by atoms with Crippen molar-refractivity contribution in [3.05, 3.63) is 29.0 Å². The van der Waals surface area contributed by atoms with Crippen LogP contribution in [0.1, 0.15) is 25.5 Å². The van der Waals surface area contributed by atoms with Crippen molar-refractivity contribution in [2.24, 2.45) is 0 Å². The van der Waals surface area contributed by atoms with Gasteiger partial charge in [0.25, 0.3) is 0 Å².